The first-order chi connectivity index (χ1) is 20.2. The summed E-state index contributed by atoms with van der Waals surface area (Å²) >= 11 is 0. The van der Waals surface area contributed by atoms with Crippen molar-refractivity contribution in [3.8, 4) is 0 Å². The molecule has 0 bridgehead atoms. The predicted molar refractivity (Wildman–Crippen MR) is 159 cm³/mol. The number of hydrogen-bond acceptors (Lipinski definition) is 10. The number of aromatic amines is 1. The summed E-state index contributed by atoms with van der Waals surface area (Å²) in [5, 5.41) is 25.4. The Hall–Kier alpha value is -2.65. The van der Waals surface area contributed by atoms with E-state index in [4.69, 9.17) is 10.9 Å². The maximum Gasteiger partial charge on any atom is 0.322 e. The second-order valence-electron chi connectivity index (χ2n) is 10.8. The lowest BCUT2D eigenvalue weighted by atomic mass is 10.0. The van der Waals surface area contributed by atoms with Crippen LogP contribution >= 0.6 is 0 Å². The largest absolute Gasteiger partial charge is 0.480 e. The van der Waals surface area contributed by atoms with E-state index in [0.29, 0.717) is 32.2 Å². The van der Waals surface area contributed by atoms with E-state index in [2.05, 4.69) is 36.1 Å². The highest BCUT2D eigenvalue weighted by atomic mass is 32.2. The Bertz CT molecular complexity index is 962. The molecule has 1 atom stereocenters. The first-order valence-corrected chi connectivity index (χ1v) is 17.1. The Kier molecular flexibility index (Phi) is 21.2. The topological polar surface area (TPSA) is 222 Å². The fraction of sp³-hybridized carbons (Fsp3) is 0.852. The molecule has 0 fully saturated rings. The van der Waals surface area contributed by atoms with Crippen LogP contribution in [0.25, 0.3) is 0 Å². The lowest BCUT2D eigenvalue weighted by Gasteiger charge is -2.10. The minimum Gasteiger partial charge on any atom is -0.480 e. The van der Waals surface area contributed by atoms with Gasteiger partial charge in [-0.3, -0.25) is 24.9 Å². The molecule has 2 amide bonds. The van der Waals surface area contributed by atoms with Gasteiger partial charge < -0.3 is 10.4 Å². The average Bonchev–Trinajstić information content (AvgIpc) is 3.46. The Morgan fingerprint density at radius 1 is 0.786 bits per heavy atom. The molecule has 1 heterocycles. The molecule has 1 rings (SSSR count). The number of unbranched alkanes of at least 4 members (excludes halogenated alkanes) is 13. The van der Waals surface area contributed by atoms with Crippen LogP contribution < -0.4 is 21.3 Å². The fourth-order valence-electron chi connectivity index (χ4n) is 4.57. The van der Waals surface area contributed by atoms with Gasteiger partial charge in [0.15, 0.2) is 0 Å². The highest BCUT2D eigenvalue weighted by Crippen LogP contribution is 2.13. The Labute approximate surface area is 250 Å². The molecule has 242 valence electrons. The third-order valence-electron chi connectivity index (χ3n) is 7.03. The molecular formula is C27H52N8O6S. The minimum absolute atomic E-state index is 0.0286. The van der Waals surface area contributed by atoms with Crippen LogP contribution in [0.15, 0.2) is 0 Å². The van der Waals surface area contributed by atoms with Crippen molar-refractivity contribution in [1.29, 1.82) is 0 Å². The van der Waals surface area contributed by atoms with Crippen LogP contribution in [-0.4, -0.2) is 70.3 Å². The summed E-state index contributed by atoms with van der Waals surface area (Å²) in [5.74, 6) is 3.91. The van der Waals surface area contributed by atoms with Gasteiger partial charge in [-0.2, -0.15) is 0 Å². The molecule has 15 heteroatoms. The number of H-pyrrole nitrogens is 1. The van der Waals surface area contributed by atoms with Gasteiger partial charge >= 0.3 is 5.97 Å². The molecule has 14 nitrogen and oxygen atoms in total. The lowest BCUT2D eigenvalue weighted by molar-refractivity contribution is -0.139. The van der Waals surface area contributed by atoms with E-state index >= 15 is 0 Å². The molecule has 1 aromatic rings. The number of amides is 2. The van der Waals surface area contributed by atoms with Crippen LogP contribution in [0.4, 0.5) is 0 Å². The summed E-state index contributed by atoms with van der Waals surface area (Å²) in [4.78, 5) is 34.8. The van der Waals surface area contributed by atoms with Crippen molar-refractivity contribution >= 4 is 27.8 Å². The second-order valence-corrected chi connectivity index (χ2v) is 12.6. The lowest BCUT2D eigenvalue weighted by Crippen LogP contribution is -2.41. The number of carboxylic acids is 1. The third kappa shape index (κ3) is 21.1. The summed E-state index contributed by atoms with van der Waals surface area (Å²) < 4.78 is 26.3. The second kappa shape index (κ2) is 23.9. The number of nitrogens with one attached hydrogen (secondary N) is 4. The molecule has 0 spiro atoms. The van der Waals surface area contributed by atoms with Crippen molar-refractivity contribution in [2.75, 3.05) is 12.3 Å². The zero-order chi connectivity index (χ0) is 30.9. The number of hydrazine groups is 1. The molecule has 7 N–H and O–H groups in total. The van der Waals surface area contributed by atoms with Gasteiger partial charge in [-0.05, 0) is 49.0 Å². The Morgan fingerprint density at radius 2 is 1.36 bits per heavy atom. The Morgan fingerprint density at radius 3 is 1.90 bits per heavy atom. The molecule has 0 aromatic carbocycles. The maximum atomic E-state index is 12.1. The number of nitrogens with two attached hydrogens (primary N) is 1. The predicted octanol–water partition coefficient (Wildman–Crippen LogP) is 2.63. The average molecular weight is 617 g/mol. The molecule has 0 aliphatic rings. The van der Waals surface area contributed by atoms with Crippen molar-refractivity contribution in [2.24, 2.45) is 5.84 Å². The zero-order valence-corrected chi connectivity index (χ0v) is 25.8. The van der Waals surface area contributed by atoms with Gasteiger partial charge in [0.25, 0.3) is 0 Å². The van der Waals surface area contributed by atoms with Gasteiger partial charge in [-0.1, -0.05) is 70.6 Å². The van der Waals surface area contributed by atoms with Gasteiger partial charge in [-0.25, -0.2) is 18.9 Å². The highest BCUT2D eigenvalue weighted by Gasteiger charge is 2.16. The first kappa shape index (κ1) is 37.4. The number of nitrogens with zero attached hydrogens (tertiary/aromatic N) is 3. The van der Waals surface area contributed by atoms with Crippen molar-refractivity contribution < 1.29 is 27.9 Å². The number of aromatic nitrogens is 4. The van der Waals surface area contributed by atoms with Gasteiger partial charge in [0.1, 0.15) is 11.9 Å². The smallest absolute Gasteiger partial charge is 0.322 e. The first-order valence-electron chi connectivity index (χ1n) is 15.4. The third-order valence-corrected chi connectivity index (χ3v) is 8.40. The van der Waals surface area contributed by atoms with Crippen LogP contribution in [0, 0.1) is 0 Å². The number of sulfonamides is 1. The van der Waals surface area contributed by atoms with E-state index in [1.807, 2.05) is 0 Å². The van der Waals surface area contributed by atoms with Crippen LogP contribution in [0.1, 0.15) is 128 Å². The number of aryl methyl sites for hydroxylation is 1. The van der Waals surface area contributed by atoms with E-state index in [-0.39, 0.29) is 30.9 Å². The van der Waals surface area contributed by atoms with E-state index in [0.717, 1.165) is 37.9 Å². The number of tetrazole rings is 1. The van der Waals surface area contributed by atoms with E-state index < -0.39 is 27.9 Å². The number of carboxylic acid groups (broad SMARTS) is 1. The number of rotatable bonds is 28. The van der Waals surface area contributed by atoms with Crippen molar-refractivity contribution in [1.82, 2.24) is 36.1 Å². The van der Waals surface area contributed by atoms with Crippen LogP contribution in [0.5, 0.6) is 0 Å². The van der Waals surface area contributed by atoms with Crippen molar-refractivity contribution in [3.63, 3.8) is 0 Å². The molecule has 0 aliphatic heterocycles. The number of hydrogen-bond donors (Lipinski definition) is 6. The van der Waals surface area contributed by atoms with E-state index in [9.17, 15) is 22.8 Å². The van der Waals surface area contributed by atoms with Gasteiger partial charge in [0.2, 0.25) is 21.8 Å². The Balaban J connectivity index is 1.90. The number of carbonyl (C=O) groups is 3. The summed E-state index contributed by atoms with van der Waals surface area (Å²) in [6.07, 6.45) is 17.5. The van der Waals surface area contributed by atoms with Crippen molar-refractivity contribution in [3.05, 3.63) is 5.82 Å². The van der Waals surface area contributed by atoms with Crippen LogP contribution in [0.3, 0.4) is 0 Å². The van der Waals surface area contributed by atoms with Gasteiger partial charge in [0.05, 0.1) is 5.75 Å². The SMILES string of the molecule is NN[C@@H](CCCCNC(=O)CCCS(=O)(=O)NC(=O)CCCCCCCCCCCCCCCc1nnn[nH]1)C(=O)O. The molecular weight excluding hydrogens is 564 g/mol. The van der Waals surface area contributed by atoms with E-state index in [1.54, 1.807) is 0 Å². The highest BCUT2D eigenvalue weighted by molar-refractivity contribution is 7.90. The normalized spacial score (nSPS) is 12.2. The maximum absolute atomic E-state index is 12.1. The van der Waals surface area contributed by atoms with E-state index in [1.165, 1.54) is 51.4 Å². The van der Waals surface area contributed by atoms with Crippen LogP contribution in [-0.2, 0) is 30.8 Å². The molecule has 0 radical (unpaired) electrons. The molecule has 0 unspecified atom stereocenters. The van der Waals surface area contributed by atoms with Crippen molar-refractivity contribution in [2.45, 2.75) is 134 Å². The summed E-state index contributed by atoms with van der Waals surface area (Å²) in [6.45, 7) is 0.366. The molecule has 42 heavy (non-hydrogen) atoms. The molecule has 0 saturated heterocycles. The molecule has 1 aromatic heterocycles. The number of carbonyl (C=O) groups excluding carboxylic acids is 2. The summed E-state index contributed by atoms with van der Waals surface area (Å²) in [6, 6.07) is -0.825. The van der Waals surface area contributed by atoms with Gasteiger partial charge in [0, 0.05) is 25.8 Å². The monoisotopic (exact) mass is 616 g/mol. The quantitative estimate of drug-likeness (QED) is 0.0456. The summed E-state index contributed by atoms with van der Waals surface area (Å²) in [5.41, 5.74) is 2.22. The zero-order valence-electron chi connectivity index (χ0n) is 24.9. The molecule has 0 aliphatic carbocycles. The standard InChI is InChI=1S/C27H52N8O6S/c28-30-23(27(38)39)17-14-15-21-29-25(36)20-16-22-42(40,41)33-26(37)19-13-11-9-7-5-3-1-2-4-6-8-10-12-18-24-31-34-35-32-24/h23,30H,1-22,28H2,(H,29,36)(H,33,37)(H,38,39)(H,31,32,34,35)/t23-/m0/s1. The molecule has 0 saturated carbocycles. The summed E-state index contributed by atoms with van der Waals surface area (Å²) in [7, 11) is -3.77. The van der Waals surface area contributed by atoms with Gasteiger partial charge in [-0.15, -0.1) is 5.10 Å². The number of aliphatic carboxylic acids is 1. The van der Waals surface area contributed by atoms with Crippen LogP contribution in [0.2, 0.25) is 0 Å². The fourth-order valence-corrected chi connectivity index (χ4v) is 5.65. The minimum atomic E-state index is -3.77.